The topological polar surface area (TPSA) is 97.0 Å². The van der Waals surface area contributed by atoms with E-state index >= 15 is 0 Å². The van der Waals surface area contributed by atoms with Gasteiger partial charge in [-0.1, -0.05) is 70.0 Å². The summed E-state index contributed by atoms with van der Waals surface area (Å²) >= 11 is 0. The van der Waals surface area contributed by atoms with Gasteiger partial charge in [0, 0.05) is 18.3 Å². The van der Waals surface area contributed by atoms with Gasteiger partial charge in [-0.25, -0.2) is 0 Å². The average molecular weight is 572 g/mol. The first kappa shape index (κ1) is 28.5. The lowest BCUT2D eigenvalue weighted by atomic mass is 9.74. The molecule has 4 aliphatic rings. The second-order valence-electron chi connectivity index (χ2n) is 12.7. The molecule has 1 spiro atoms. The van der Waals surface area contributed by atoms with Crippen molar-refractivity contribution in [1.82, 2.24) is 10.2 Å². The van der Waals surface area contributed by atoms with E-state index in [1.54, 1.807) is 12.0 Å². The van der Waals surface area contributed by atoms with Crippen molar-refractivity contribution in [3.63, 3.8) is 0 Å². The number of likely N-dealkylation sites (tertiary alicyclic amines) is 1. The Morgan fingerprint density at radius 1 is 1.05 bits per heavy atom. The molecule has 8 heteroatoms. The van der Waals surface area contributed by atoms with Gasteiger partial charge in [0.25, 0.3) is 0 Å². The van der Waals surface area contributed by atoms with Crippen LogP contribution in [0.15, 0.2) is 60.7 Å². The van der Waals surface area contributed by atoms with Crippen LogP contribution < -0.4 is 15.4 Å². The van der Waals surface area contributed by atoms with Crippen LogP contribution in [0.2, 0.25) is 0 Å². The van der Waals surface area contributed by atoms with Gasteiger partial charge in [-0.2, -0.15) is 0 Å². The number of nitrogens with zero attached hydrogens (tertiary/aromatic N) is 1. The molecule has 0 radical (unpaired) electrons. The Labute approximate surface area is 247 Å². The summed E-state index contributed by atoms with van der Waals surface area (Å²) in [6.45, 7) is 6.64. The van der Waals surface area contributed by atoms with Gasteiger partial charge in [0.05, 0.1) is 25.0 Å². The molecule has 6 rings (SSSR count). The molecule has 3 fully saturated rings. The van der Waals surface area contributed by atoms with Gasteiger partial charge < -0.3 is 25.0 Å². The number of fused-ring (bicyclic) bond motifs is 1. The Morgan fingerprint density at radius 3 is 2.43 bits per heavy atom. The van der Waals surface area contributed by atoms with Crippen LogP contribution >= 0.6 is 0 Å². The quantitative estimate of drug-likeness (QED) is 0.444. The highest BCUT2D eigenvalue weighted by Crippen LogP contribution is 2.55. The number of amides is 3. The maximum absolute atomic E-state index is 14.3. The van der Waals surface area contributed by atoms with Crippen molar-refractivity contribution in [2.24, 2.45) is 17.8 Å². The predicted molar refractivity (Wildman–Crippen MR) is 160 cm³/mol. The average Bonchev–Trinajstić information content (AvgIpc) is 3.62. The Bertz CT molecular complexity index is 1370. The Balaban J connectivity index is 1.30. The molecule has 7 atom stereocenters. The number of carbonyl (C=O) groups is 3. The lowest BCUT2D eigenvalue weighted by molar-refractivity contribution is -0.142. The minimum Gasteiger partial charge on any atom is -0.497 e. The van der Waals surface area contributed by atoms with Gasteiger partial charge in [-0.3, -0.25) is 14.4 Å². The number of ether oxygens (including phenoxy) is 2. The highest BCUT2D eigenvalue weighted by atomic mass is 16.5. The number of anilines is 1. The molecule has 2 N–H and O–H groups in total. The van der Waals surface area contributed by atoms with Crippen molar-refractivity contribution in [2.75, 3.05) is 12.4 Å². The van der Waals surface area contributed by atoms with E-state index in [-0.39, 0.29) is 30.3 Å². The molecule has 8 nitrogen and oxygen atoms in total. The van der Waals surface area contributed by atoms with Crippen molar-refractivity contribution in [1.29, 1.82) is 0 Å². The summed E-state index contributed by atoms with van der Waals surface area (Å²) in [6, 6.07) is 14.4. The van der Waals surface area contributed by atoms with Crippen LogP contribution in [0.25, 0.3) is 0 Å². The number of benzene rings is 2. The molecule has 222 valence electrons. The smallest absolute Gasteiger partial charge is 0.246 e. The lowest BCUT2D eigenvalue weighted by Gasteiger charge is -2.36. The summed E-state index contributed by atoms with van der Waals surface area (Å²) in [5, 5.41) is 6.31. The van der Waals surface area contributed by atoms with E-state index in [9.17, 15) is 14.4 Å². The molecular formula is C34H41N3O5. The monoisotopic (exact) mass is 571 g/mol. The summed E-state index contributed by atoms with van der Waals surface area (Å²) in [5.41, 5.74) is 1.53. The van der Waals surface area contributed by atoms with Crippen molar-refractivity contribution in [3.05, 3.63) is 71.8 Å². The van der Waals surface area contributed by atoms with E-state index in [0.29, 0.717) is 23.3 Å². The SMILES string of the molecule is COc1ccc(CN2C(=O)[C@@H]3[C@H](C(=O)Nc4ccc(C(C)C)cc4)[C@@H]4C=C[C@@]3(O4)[C@@H]2C(=O)N[C@H]2CCCC[C@@H]2C)cc1. The Morgan fingerprint density at radius 2 is 1.76 bits per heavy atom. The van der Waals surface area contributed by atoms with Gasteiger partial charge in [-0.15, -0.1) is 0 Å². The van der Waals surface area contributed by atoms with Crippen LogP contribution in [0.1, 0.15) is 63.5 Å². The number of carbonyl (C=O) groups excluding carboxylic acids is 3. The van der Waals surface area contributed by atoms with Crippen LogP contribution in [0.4, 0.5) is 5.69 Å². The fourth-order valence-corrected chi connectivity index (χ4v) is 7.33. The fraction of sp³-hybridized carbons (Fsp3) is 0.500. The van der Waals surface area contributed by atoms with Crippen molar-refractivity contribution >= 4 is 23.4 Å². The summed E-state index contributed by atoms with van der Waals surface area (Å²) < 4.78 is 11.8. The zero-order valence-electron chi connectivity index (χ0n) is 24.8. The normalized spacial score (nSPS) is 31.4. The molecule has 2 aromatic rings. The third-order valence-corrected chi connectivity index (χ3v) is 9.72. The van der Waals surface area contributed by atoms with Gasteiger partial charge >= 0.3 is 0 Å². The molecule has 1 aliphatic carbocycles. The molecule has 3 heterocycles. The number of hydrogen-bond acceptors (Lipinski definition) is 5. The second kappa shape index (κ2) is 11.2. The maximum Gasteiger partial charge on any atom is 0.246 e. The van der Waals surface area contributed by atoms with Gasteiger partial charge in [0.15, 0.2) is 0 Å². The minimum atomic E-state index is -1.19. The molecule has 0 unspecified atom stereocenters. The lowest BCUT2D eigenvalue weighted by Crippen LogP contribution is -2.57. The van der Waals surface area contributed by atoms with Gasteiger partial charge in [0.1, 0.15) is 17.4 Å². The number of nitrogens with one attached hydrogen (secondary N) is 2. The molecule has 1 saturated carbocycles. The molecule has 42 heavy (non-hydrogen) atoms. The minimum absolute atomic E-state index is 0.0510. The molecule has 2 aromatic carbocycles. The highest BCUT2D eigenvalue weighted by Gasteiger charge is 2.72. The van der Waals surface area contributed by atoms with E-state index in [0.717, 1.165) is 31.2 Å². The van der Waals surface area contributed by atoms with E-state index in [1.807, 2.05) is 60.7 Å². The van der Waals surface area contributed by atoms with Crippen LogP contribution in [0.3, 0.4) is 0 Å². The third-order valence-electron chi connectivity index (χ3n) is 9.72. The summed E-state index contributed by atoms with van der Waals surface area (Å²) in [7, 11) is 1.61. The second-order valence-corrected chi connectivity index (χ2v) is 12.7. The van der Waals surface area contributed by atoms with Crippen LogP contribution in [0, 0.1) is 17.8 Å². The number of hydrogen-bond donors (Lipinski definition) is 2. The van der Waals surface area contributed by atoms with Gasteiger partial charge in [-0.05, 0) is 60.1 Å². The van der Waals surface area contributed by atoms with E-state index < -0.39 is 29.6 Å². The Kier molecular flexibility index (Phi) is 7.60. The van der Waals surface area contributed by atoms with Crippen LogP contribution in [0.5, 0.6) is 5.75 Å². The zero-order chi connectivity index (χ0) is 29.6. The maximum atomic E-state index is 14.3. The molecule has 3 aliphatic heterocycles. The summed E-state index contributed by atoms with van der Waals surface area (Å²) in [4.78, 5) is 43.8. The first-order valence-electron chi connectivity index (χ1n) is 15.2. The fourth-order valence-electron chi connectivity index (χ4n) is 7.33. The van der Waals surface area contributed by atoms with Gasteiger partial charge in [0.2, 0.25) is 17.7 Å². The standard InChI is InChI=1S/C34H41N3O5/c1-20(2)23-11-13-24(14-12-23)35-31(38)28-27-17-18-34(42-27)29(28)33(40)37(19-22-9-15-25(41-4)16-10-22)30(34)32(39)36-26-8-6-5-7-21(26)3/h9-18,20-21,26-30H,5-8,19H2,1-4H3,(H,35,38)(H,36,39)/t21-,26-,27-,28+,29-,30-,34-/m0/s1. The van der Waals surface area contributed by atoms with Crippen LogP contribution in [-0.4, -0.2) is 53.5 Å². The van der Waals surface area contributed by atoms with E-state index in [1.165, 1.54) is 5.56 Å². The van der Waals surface area contributed by atoms with E-state index in [2.05, 4.69) is 31.4 Å². The van der Waals surface area contributed by atoms with Crippen molar-refractivity contribution in [3.8, 4) is 5.75 Å². The third kappa shape index (κ3) is 4.89. The molecular weight excluding hydrogens is 530 g/mol. The first-order chi connectivity index (χ1) is 20.2. The predicted octanol–water partition coefficient (Wildman–Crippen LogP) is 4.80. The summed E-state index contributed by atoms with van der Waals surface area (Å²) in [5.74, 6) is -0.791. The van der Waals surface area contributed by atoms with E-state index in [4.69, 9.17) is 9.47 Å². The highest BCUT2D eigenvalue weighted by molar-refractivity contribution is 6.02. The molecule has 3 amide bonds. The number of methoxy groups -OCH3 is 1. The molecule has 2 bridgehead atoms. The van der Waals surface area contributed by atoms with Crippen molar-refractivity contribution < 1.29 is 23.9 Å². The molecule has 2 saturated heterocycles. The molecule has 0 aromatic heterocycles. The Hall–Kier alpha value is -3.65. The van der Waals surface area contributed by atoms with Crippen molar-refractivity contribution in [2.45, 2.75) is 82.7 Å². The summed E-state index contributed by atoms with van der Waals surface area (Å²) in [6.07, 6.45) is 7.37. The van der Waals surface area contributed by atoms with Crippen LogP contribution in [-0.2, 0) is 25.7 Å². The largest absolute Gasteiger partial charge is 0.497 e. The zero-order valence-corrected chi connectivity index (χ0v) is 24.8. The number of rotatable bonds is 8. The first-order valence-corrected chi connectivity index (χ1v) is 15.2.